The molecule has 0 aromatic carbocycles. The van der Waals surface area contributed by atoms with Crippen LogP contribution in [-0.2, 0) is 8.85 Å². The van der Waals surface area contributed by atoms with Crippen LogP contribution in [0.3, 0.4) is 0 Å². The van der Waals surface area contributed by atoms with Crippen molar-refractivity contribution in [1.82, 2.24) is 0 Å². The molecule has 1 saturated carbocycles. The molecule has 0 spiro atoms. The highest BCUT2D eigenvalue weighted by atomic mass is 28.4. The van der Waals surface area contributed by atoms with E-state index < -0.39 is 8.56 Å². The Morgan fingerprint density at radius 1 is 1.00 bits per heavy atom. The smallest absolute Gasteiger partial charge is 0.341 e. The molecular weight excluding hydrogens is 204 g/mol. The summed E-state index contributed by atoms with van der Waals surface area (Å²) in [5.41, 5.74) is 0. The zero-order valence-electron chi connectivity index (χ0n) is 10.8. The van der Waals surface area contributed by atoms with Crippen LogP contribution in [0.2, 0.25) is 11.6 Å². The van der Waals surface area contributed by atoms with E-state index in [2.05, 4.69) is 27.3 Å². The monoisotopic (exact) mass is 230 g/mol. The molecule has 0 amide bonds. The lowest BCUT2D eigenvalue weighted by Crippen LogP contribution is -2.50. The van der Waals surface area contributed by atoms with Gasteiger partial charge in [0.25, 0.3) is 0 Å². The van der Waals surface area contributed by atoms with Gasteiger partial charge in [-0.3, -0.25) is 0 Å². The fraction of sp³-hybridized carbons (Fsp3) is 1.00. The van der Waals surface area contributed by atoms with E-state index in [4.69, 9.17) is 8.85 Å². The van der Waals surface area contributed by atoms with Crippen LogP contribution in [0.25, 0.3) is 0 Å². The summed E-state index contributed by atoms with van der Waals surface area (Å²) in [6.45, 7) is 10.4. The molecule has 1 aliphatic carbocycles. The van der Waals surface area contributed by atoms with Crippen LogP contribution in [0.1, 0.15) is 52.9 Å². The summed E-state index contributed by atoms with van der Waals surface area (Å²) in [6.07, 6.45) is 6.66. The highest BCUT2D eigenvalue weighted by Gasteiger charge is 2.50. The van der Waals surface area contributed by atoms with Gasteiger partial charge in [-0.05, 0) is 33.2 Å². The molecule has 0 aliphatic heterocycles. The summed E-state index contributed by atoms with van der Waals surface area (Å²) < 4.78 is 12.1. The van der Waals surface area contributed by atoms with Gasteiger partial charge in [-0.2, -0.15) is 0 Å². The molecule has 15 heavy (non-hydrogen) atoms. The average molecular weight is 230 g/mol. The predicted octanol–water partition coefficient (Wildman–Crippen LogP) is 3.86. The minimum atomic E-state index is -1.97. The maximum absolute atomic E-state index is 6.03. The van der Waals surface area contributed by atoms with Crippen LogP contribution in [-0.4, -0.2) is 21.8 Å². The Kier molecular flexibility index (Phi) is 4.81. The largest absolute Gasteiger partial charge is 0.394 e. The summed E-state index contributed by atoms with van der Waals surface area (Å²) in [7, 11) is -1.97. The molecule has 0 radical (unpaired) electrons. The van der Waals surface area contributed by atoms with E-state index in [1.54, 1.807) is 0 Å². The van der Waals surface area contributed by atoms with E-state index in [9.17, 15) is 0 Å². The maximum Gasteiger partial charge on any atom is 0.341 e. The van der Waals surface area contributed by atoms with Crippen molar-refractivity contribution in [2.45, 2.75) is 64.5 Å². The standard InChI is InChI=1S/C12H26O2Si/c1-5-13-15(4,14-6-2)12(3)10-8-7-9-11-12/h5-11H2,1-4H3. The Balaban J connectivity index is 2.75. The molecule has 0 atom stereocenters. The van der Waals surface area contributed by atoms with E-state index in [1.807, 2.05) is 0 Å². The van der Waals surface area contributed by atoms with Gasteiger partial charge < -0.3 is 8.85 Å². The van der Waals surface area contributed by atoms with Gasteiger partial charge in [0.1, 0.15) is 0 Å². The highest BCUT2D eigenvalue weighted by molar-refractivity contribution is 6.69. The summed E-state index contributed by atoms with van der Waals surface area (Å²) in [5, 5.41) is 0.331. The van der Waals surface area contributed by atoms with Gasteiger partial charge in [0.2, 0.25) is 0 Å². The van der Waals surface area contributed by atoms with Crippen molar-refractivity contribution in [1.29, 1.82) is 0 Å². The molecule has 0 aromatic rings. The van der Waals surface area contributed by atoms with Crippen LogP contribution >= 0.6 is 0 Å². The number of hydrogen-bond donors (Lipinski definition) is 0. The Morgan fingerprint density at radius 2 is 1.47 bits per heavy atom. The molecule has 0 saturated heterocycles. The molecule has 2 nitrogen and oxygen atoms in total. The van der Waals surface area contributed by atoms with Gasteiger partial charge in [0.15, 0.2) is 0 Å². The van der Waals surface area contributed by atoms with Crippen LogP contribution in [0.5, 0.6) is 0 Å². The lowest BCUT2D eigenvalue weighted by molar-refractivity contribution is 0.147. The van der Waals surface area contributed by atoms with Gasteiger partial charge in [-0.15, -0.1) is 0 Å². The molecule has 0 N–H and O–H groups in total. The summed E-state index contributed by atoms with van der Waals surface area (Å²) in [4.78, 5) is 0. The Bertz CT molecular complexity index is 182. The third-order valence-electron chi connectivity index (χ3n) is 3.89. The van der Waals surface area contributed by atoms with Crippen molar-refractivity contribution in [3.63, 3.8) is 0 Å². The third-order valence-corrected chi connectivity index (χ3v) is 8.26. The summed E-state index contributed by atoms with van der Waals surface area (Å²) in [5.74, 6) is 0. The van der Waals surface area contributed by atoms with E-state index in [0.717, 1.165) is 13.2 Å². The first-order chi connectivity index (χ1) is 7.08. The second kappa shape index (κ2) is 5.46. The highest BCUT2D eigenvalue weighted by Crippen LogP contribution is 2.50. The SMILES string of the molecule is CCO[Si](C)(OCC)C1(C)CCCCC1. The Hall–Kier alpha value is 0.137. The molecule has 1 aliphatic rings. The van der Waals surface area contributed by atoms with E-state index in [0.29, 0.717) is 5.04 Å². The molecule has 0 aromatic heterocycles. The van der Waals surface area contributed by atoms with Gasteiger partial charge in [0, 0.05) is 18.3 Å². The molecule has 1 fully saturated rings. The molecule has 90 valence electrons. The zero-order chi connectivity index (χ0) is 11.4. The molecule has 0 bridgehead atoms. The first-order valence-corrected chi connectivity index (χ1v) is 8.67. The minimum Gasteiger partial charge on any atom is -0.394 e. The second-order valence-corrected chi connectivity index (χ2v) is 8.61. The molecular formula is C12H26O2Si. The average Bonchev–Trinajstić information content (AvgIpc) is 2.19. The summed E-state index contributed by atoms with van der Waals surface area (Å²) >= 11 is 0. The quantitative estimate of drug-likeness (QED) is 0.668. The van der Waals surface area contributed by atoms with Crippen LogP contribution < -0.4 is 0 Å². The molecule has 1 rings (SSSR count). The van der Waals surface area contributed by atoms with Crippen molar-refractivity contribution < 1.29 is 8.85 Å². The van der Waals surface area contributed by atoms with Gasteiger partial charge >= 0.3 is 8.56 Å². The fourth-order valence-electron chi connectivity index (χ4n) is 2.73. The topological polar surface area (TPSA) is 18.5 Å². The zero-order valence-corrected chi connectivity index (χ0v) is 11.8. The van der Waals surface area contributed by atoms with Crippen molar-refractivity contribution in [2.24, 2.45) is 0 Å². The van der Waals surface area contributed by atoms with Crippen LogP contribution in [0, 0.1) is 0 Å². The van der Waals surface area contributed by atoms with E-state index in [-0.39, 0.29) is 0 Å². The first-order valence-electron chi connectivity index (χ1n) is 6.36. The van der Waals surface area contributed by atoms with Crippen molar-refractivity contribution in [2.75, 3.05) is 13.2 Å². The number of rotatable bonds is 5. The lowest BCUT2D eigenvalue weighted by atomic mass is 9.90. The third kappa shape index (κ3) is 2.83. The van der Waals surface area contributed by atoms with E-state index >= 15 is 0 Å². The Labute approximate surface area is 95.6 Å². The van der Waals surface area contributed by atoms with Crippen LogP contribution in [0.4, 0.5) is 0 Å². The number of hydrogen-bond acceptors (Lipinski definition) is 2. The summed E-state index contributed by atoms with van der Waals surface area (Å²) in [6, 6.07) is 0. The van der Waals surface area contributed by atoms with Gasteiger partial charge in [0.05, 0.1) is 0 Å². The maximum atomic E-state index is 6.03. The predicted molar refractivity (Wildman–Crippen MR) is 66.3 cm³/mol. The minimum absolute atomic E-state index is 0.331. The first kappa shape index (κ1) is 13.2. The van der Waals surface area contributed by atoms with Gasteiger partial charge in [-0.25, -0.2) is 0 Å². The van der Waals surface area contributed by atoms with Crippen molar-refractivity contribution in [3.05, 3.63) is 0 Å². The molecule has 0 unspecified atom stereocenters. The van der Waals surface area contributed by atoms with Crippen molar-refractivity contribution in [3.8, 4) is 0 Å². The lowest BCUT2D eigenvalue weighted by Gasteiger charge is -2.45. The van der Waals surface area contributed by atoms with E-state index in [1.165, 1.54) is 32.1 Å². The molecule has 0 heterocycles. The fourth-order valence-corrected chi connectivity index (χ4v) is 5.87. The second-order valence-electron chi connectivity index (χ2n) is 4.93. The molecule has 3 heteroatoms. The normalized spacial score (nSPS) is 21.6. The van der Waals surface area contributed by atoms with Gasteiger partial charge in [-0.1, -0.05) is 26.2 Å². The van der Waals surface area contributed by atoms with Crippen LogP contribution in [0.15, 0.2) is 0 Å². The Morgan fingerprint density at radius 3 is 1.87 bits per heavy atom. The van der Waals surface area contributed by atoms with Crippen molar-refractivity contribution >= 4 is 8.56 Å².